The lowest BCUT2D eigenvalue weighted by Gasteiger charge is -2.30. The Morgan fingerprint density at radius 3 is 2.53 bits per heavy atom. The Hall–Kier alpha value is -2.38. The molecule has 1 aliphatic rings. The van der Waals surface area contributed by atoms with E-state index in [-0.39, 0.29) is 36.2 Å². The fourth-order valence-corrected chi connectivity index (χ4v) is 3.71. The molecular weight excluding hydrogens is 384 g/mol. The first-order valence-electron chi connectivity index (χ1n) is 10.9. The molecule has 1 heterocycles. The fraction of sp³-hybridized carbons (Fsp3) is 0.727. The summed E-state index contributed by atoms with van der Waals surface area (Å²) < 4.78 is 0. The second-order valence-corrected chi connectivity index (χ2v) is 8.24. The van der Waals surface area contributed by atoms with Crippen LogP contribution in [0.25, 0.3) is 0 Å². The average molecular weight is 423 g/mol. The summed E-state index contributed by atoms with van der Waals surface area (Å²) >= 11 is 0. The van der Waals surface area contributed by atoms with E-state index in [1.807, 2.05) is 13.8 Å². The Morgan fingerprint density at radius 2 is 1.93 bits per heavy atom. The van der Waals surface area contributed by atoms with E-state index in [9.17, 15) is 19.2 Å². The van der Waals surface area contributed by atoms with Crippen molar-refractivity contribution in [1.29, 1.82) is 0 Å². The third-order valence-corrected chi connectivity index (χ3v) is 5.51. The molecule has 1 rings (SSSR count). The van der Waals surface area contributed by atoms with Crippen LogP contribution in [0, 0.1) is 5.92 Å². The molecule has 0 spiro atoms. The lowest BCUT2D eigenvalue weighted by Crippen LogP contribution is -2.47. The van der Waals surface area contributed by atoms with E-state index in [0.717, 1.165) is 25.7 Å². The average Bonchev–Trinajstić information content (AvgIpc) is 3.21. The number of rotatable bonds is 12. The number of unbranched alkanes of at least 4 members (excludes halogenated alkanes) is 2. The molecule has 8 nitrogen and oxygen atoms in total. The van der Waals surface area contributed by atoms with Crippen molar-refractivity contribution in [3.05, 3.63) is 11.6 Å². The van der Waals surface area contributed by atoms with Crippen molar-refractivity contribution in [2.24, 2.45) is 5.92 Å². The van der Waals surface area contributed by atoms with Crippen LogP contribution in [-0.4, -0.2) is 72.7 Å². The zero-order valence-electron chi connectivity index (χ0n) is 19.1. The molecule has 1 aliphatic heterocycles. The van der Waals surface area contributed by atoms with E-state index in [1.165, 1.54) is 0 Å². The zero-order valence-corrected chi connectivity index (χ0v) is 19.1. The third-order valence-electron chi connectivity index (χ3n) is 5.51. The van der Waals surface area contributed by atoms with Gasteiger partial charge in [0.1, 0.15) is 6.04 Å². The van der Waals surface area contributed by atoms with Gasteiger partial charge in [-0.3, -0.25) is 19.2 Å². The zero-order chi connectivity index (χ0) is 22.7. The molecule has 0 aliphatic carbocycles. The van der Waals surface area contributed by atoms with Gasteiger partial charge in [0.2, 0.25) is 24.1 Å². The SMILES string of the molecule is CCCCCNC(=O)[C@@H]1CCCN1C(=O)/C(C)=C/[C@H](C(C)C)N(C)C(=O)CNC=O. The lowest BCUT2D eigenvalue weighted by atomic mass is 9.99. The van der Waals surface area contributed by atoms with Crippen molar-refractivity contribution in [3.8, 4) is 0 Å². The Balaban J connectivity index is 2.85. The molecule has 0 unspecified atom stereocenters. The van der Waals surface area contributed by atoms with E-state index in [0.29, 0.717) is 31.5 Å². The van der Waals surface area contributed by atoms with Crippen molar-refractivity contribution in [1.82, 2.24) is 20.4 Å². The number of hydrogen-bond acceptors (Lipinski definition) is 4. The number of likely N-dealkylation sites (tertiary alicyclic amines) is 1. The van der Waals surface area contributed by atoms with Gasteiger partial charge in [0.15, 0.2) is 0 Å². The first-order valence-corrected chi connectivity index (χ1v) is 10.9. The van der Waals surface area contributed by atoms with Crippen LogP contribution in [-0.2, 0) is 19.2 Å². The highest BCUT2D eigenvalue weighted by Gasteiger charge is 2.34. The van der Waals surface area contributed by atoms with Gasteiger partial charge in [-0.25, -0.2) is 0 Å². The van der Waals surface area contributed by atoms with Gasteiger partial charge >= 0.3 is 0 Å². The lowest BCUT2D eigenvalue weighted by molar-refractivity contribution is -0.135. The summed E-state index contributed by atoms with van der Waals surface area (Å²) in [6.45, 7) is 8.89. The summed E-state index contributed by atoms with van der Waals surface area (Å²) in [5.74, 6) is -0.409. The summed E-state index contributed by atoms with van der Waals surface area (Å²) in [7, 11) is 1.66. The predicted octanol–water partition coefficient (Wildman–Crippen LogP) is 1.46. The first-order chi connectivity index (χ1) is 14.2. The van der Waals surface area contributed by atoms with E-state index in [1.54, 1.807) is 29.8 Å². The summed E-state index contributed by atoms with van der Waals surface area (Å²) in [5, 5.41) is 5.33. The minimum Gasteiger partial charge on any atom is -0.354 e. The largest absolute Gasteiger partial charge is 0.354 e. The number of nitrogens with zero attached hydrogens (tertiary/aromatic N) is 2. The normalized spacial score (nSPS) is 17.6. The smallest absolute Gasteiger partial charge is 0.249 e. The van der Waals surface area contributed by atoms with Crippen molar-refractivity contribution < 1.29 is 19.2 Å². The van der Waals surface area contributed by atoms with Crippen LogP contribution in [0.4, 0.5) is 0 Å². The van der Waals surface area contributed by atoms with Crippen LogP contribution < -0.4 is 10.6 Å². The number of hydrogen-bond donors (Lipinski definition) is 2. The van der Waals surface area contributed by atoms with Crippen molar-refractivity contribution >= 4 is 24.1 Å². The van der Waals surface area contributed by atoms with Gasteiger partial charge in [-0.05, 0) is 32.1 Å². The summed E-state index contributed by atoms with van der Waals surface area (Å²) in [6, 6.07) is -0.727. The van der Waals surface area contributed by atoms with Crippen molar-refractivity contribution in [2.75, 3.05) is 26.7 Å². The van der Waals surface area contributed by atoms with Crippen LogP contribution in [0.3, 0.4) is 0 Å². The molecule has 0 aromatic heterocycles. The molecule has 0 aromatic carbocycles. The third kappa shape index (κ3) is 7.46. The number of carbonyl (C=O) groups is 4. The summed E-state index contributed by atoms with van der Waals surface area (Å²) in [5.41, 5.74) is 0.516. The van der Waals surface area contributed by atoms with Crippen LogP contribution in [0.1, 0.15) is 59.8 Å². The van der Waals surface area contributed by atoms with Crippen LogP contribution in [0.2, 0.25) is 0 Å². The second-order valence-electron chi connectivity index (χ2n) is 8.24. The van der Waals surface area contributed by atoms with E-state index in [2.05, 4.69) is 17.6 Å². The van der Waals surface area contributed by atoms with Gasteiger partial charge in [0, 0.05) is 25.7 Å². The number of nitrogens with one attached hydrogen (secondary N) is 2. The number of carbonyl (C=O) groups excluding carboxylic acids is 4. The molecule has 1 saturated heterocycles. The van der Waals surface area contributed by atoms with Gasteiger partial charge in [-0.1, -0.05) is 39.7 Å². The molecule has 0 aromatic rings. The monoisotopic (exact) mass is 422 g/mol. The molecule has 2 atom stereocenters. The van der Waals surface area contributed by atoms with Gasteiger partial charge in [0.25, 0.3) is 0 Å². The molecule has 1 fully saturated rings. The summed E-state index contributed by atoms with van der Waals surface area (Å²) in [6.07, 6.45) is 6.85. The van der Waals surface area contributed by atoms with Gasteiger partial charge < -0.3 is 20.4 Å². The van der Waals surface area contributed by atoms with Gasteiger partial charge in [-0.15, -0.1) is 0 Å². The Morgan fingerprint density at radius 1 is 1.23 bits per heavy atom. The maximum absolute atomic E-state index is 13.1. The Labute approximate surface area is 180 Å². The minimum atomic E-state index is -0.434. The molecular formula is C22H38N4O4. The number of likely N-dealkylation sites (N-methyl/N-ethyl adjacent to an activating group) is 1. The number of amides is 4. The van der Waals surface area contributed by atoms with Crippen LogP contribution >= 0.6 is 0 Å². The van der Waals surface area contributed by atoms with E-state index >= 15 is 0 Å². The molecule has 30 heavy (non-hydrogen) atoms. The molecule has 0 bridgehead atoms. The fourth-order valence-electron chi connectivity index (χ4n) is 3.71. The quantitative estimate of drug-likeness (QED) is 0.283. The van der Waals surface area contributed by atoms with Crippen molar-refractivity contribution in [3.63, 3.8) is 0 Å². The Kier molecular flexibility index (Phi) is 11.1. The molecule has 0 radical (unpaired) electrons. The predicted molar refractivity (Wildman–Crippen MR) is 116 cm³/mol. The molecule has 2 N–H and O–H groups in total. The van der Waals surface area contributed by atoms with E-state index in [4.69, 9.17) is 0 Å². The van der Waals surface area contributed by atoms with Crippen LogP contribution in [0.5, 0.6) is 0 Å². The first kappa shape index (κ1) is 25.7. The minimum absolute atomic E-state index is 0.0779. The van der Waals surface area contributed by atoms with Crippen molar-refractivity contribution in [2.45, 2.75) is 71.9 Å². The van der Waals surface area contributed by atoms with Crippen LogP contribution in [0.15, 0.2) is 11.6 Å². The standard InChI is InChI=1S/C22H38N4O4/c1-6-7-8-11-24-21(29)18-10-9-12-26(18)22(30)17(4)13-19(16(2)3)25(5)20(28)14-23-15-27/h13,15-16,18-19H,6-12,14H2,1-5H3,(H,23,27)(H,24,29)/b17-13+/t18-,19+/m0/s1. The molecule has 8 heteroatoms. The van der Waals surface area contributed by atoms with Gasteiger partial charge in [-0.2, -0.15) is 0 Å². The second kappa shape index (κ2) is 13.0. The highest BCUT2D eigenvalue weighted by molar-refractivity contribution is 5.97. The highest BCUT2D eigenvalue weighted by atomic mass is 16.2. The topological polar surface area (TPSA) is 98.8 Å². The molecule has 0 saturated carbocycles. The Bertz CT molecular complexity index is 633. The summed E-state index contributed by atoms with van der Waals surface area (Å²) in [4.78, 5) is 51.6. The molecule has 170 valence electrons. The maximum atomic E-state index is 13.1. The molecule has 4 amide bonds. The highest BCUT2D eigenvalue weighted by Crippen LogP contribution is 2.21. The van der Waals surface area contributed by atoms with E-state index < -0.39 is 6.04 Å². The van der Waals surface area contributed by atoms with Gasteiger partial charge in [0.05, 0.1) is 12.6 Å². The maximum Gasteiger partial charge on any atom is 0.249 e.